The first-order chi connectivity index (χ1) is 11.0. The van der Waals surface area contributed by atoms with Crippen molar-refractivity contribution in [2.24, 2.45) is 5.73 Å². The maximum absolute atomic E-state index is 11.1. The molecule has 1 atom stereocenters. The molecule has 0 radical (unpaired) electrons. The normalized spacial score (nSPS) is 12.5. The van der Waals surface area contributed by atoms with Crippen LogP contribution in [-0.2, 0) is 11.3 Å². The van der Waals surface area contributed by atoms with Gasteiger partial charge in [0.2, 0.25) is 5.91 Å². The summed E-state index contributed by atoms with van der Waals surface area (Å²) in [5.41, 5.74) is 6.43. The van der Waals surface area contributed by atoms with E-state index in [1.807, 2.05) is 32.3 Å². The lowest BCUT2D eigenvalue weighted by Gasteiger charge is -2.23. The Labute approximate surface area is 141 Å². The van der Waals surface area contributed by atoms with Crippen molar-refractivity contribution < 1.29 is 4.79 Å². The summed E-state index contributed by atoms with van der Waals surface area (Å²) in [7, 11) is 4.07. The predicted octanol–water partition coefficient (Wildman–Crippen LogP) is 1.92. The van der Waals surface area contributed by atoms with Crippen LogP contribution in [0.25, 0.3) is 0 Å². The second-order valence-electron chi connectivity index (χ2n) is 5.56. The highest BCUT2D eigenvalue weighted by Crippen LogP contribution is 2.26. The molecule has 0 bridgehead atoms. The average molecular weight is 333 g/mol. The highest BCUT2D eigenvalue weighted by molar-refractivity contribution is 7.99. The Hall–Kier alpha value is -1.86. The van der Waals surface area contributed by atoms with Crippen molar-refractivity contribution in [2.75, 3.05) is 19.8 Å². The molecule has 2 N–H and O–H groups in total. The number of amides is 1. The number of benzene rings is 1. The van der Waals surface area contributed by atoms with Crippen LogP contribution in [0.2, 0.25) is 0 Å². The standard InChI is InChI=1S/C16H23N5OS/c1-4-13(20(2)3)15-18-19-16(23-11-14(17)22)21(15)10-12-8-6-5-7-9-12/h5-9,13H,4,10-11H2,1-3H3,(H2,17,22). The molecule has 0 aliphatic carbocycles. The molecule has 0 spiro atoms. The van der Waals surface area contributed by atoms with Crippen molar-refractivity contribution in [1.29, 1.82) is 0 Å². The summed E-state index contributed by atoms with van der Waals surface area (Å²) in [6, 6.07) is 10.3. The highest BCUT2D eigenvalue weighted by Gasteiger charge is 2.22. The van der Waals surface area contributed by atoms with Crippen molar-refractivity contribution in [3.63, 3.8) is 0 Å². The van der Waals surface area contributed by atoms with Crippen molar-refractivity contribution >= 4 is 17.7 Å². The van der Waals surface area contributed by atoms with E-state index in [0.717, 1.165) is 17.4 Å². The fourth-order valence-electron chi connectivity index (χ4n) is 2.48. The molecule has 1 unspecified atom stereocenters. The summed E-state index contributed by atoms with van der Waals surface area (Å²) in [5, 5.41) is 9.38. The molecule has 0 fully saturated rings. The molecule has 7 heteroatoms. The van der Waals surface area contributed by atoms with Gasteiger partial charge < -0.3 is 10.3 Å². The quantitative estimate of drug-likeness (QED) is 0.747. The third kappa shape index (κ3) is 4.56. The van der Waals surface area contributed by atoms with Crippen LogP contribution in [0.4, 0.5) is 0 Å². The molecule has 1 amide bonds. The summed E-state index contributed by atoms with van der Waals surface area (Å²) in [6.45, 7) is 2.80. The molecule has 0 saturated heterocycles. The minimum absolute atomic E-state index is 0.175. The smallest absolute Gasteiger partial charge is 0.227 e. The van der Waals surface area contributed by atoms with E-state index in [1.165, 1.54) is 17.3 Å². The molecule has 0 aliphatic rings. The number of hydrogen-bond acceptors (Lipinski definition) is 5. The van der Waals surface area contributed by atoms with E-state index in [4.69, 9.17) is 5.73 Å². The third-order valence-corrected chi connectivity index (χ3v) is 4.57. The average Bonchev–Trinajstić information content (AvgIpc) is 2.89. The molecule has 1 aromatic heterocycles. The van der Waals surface area contributed by atoms with E-state index in [2.05, 4.69) is 38.7 Å². The van der Waals surface area contributed by atoms with Crippen molar-refractivity contribution in [2.45, 2.75) is 31.1 Å². The van der Waals surface area contributed by atoms with Crippen LogP contribution in [0.15, 0.2) is 35.5 Å². The molecule has 124 valence electrons. The Balaban J connectivity index is 2.36. The maximum Gasteiger partial charge on any atom is 0.227 e. The number of thioether (sulfide) groups is 1. The lowest BCUT2D eigenvalue weighted by atomic mass is 10.2. The van der Waals surface area contributed by atoms with Gasteiger partial charge in [0.25, 0.3) is 0 Å². The minimum Gasteiger partial charge on any atom is -0.369 e. The monoisotopic (exact) mass is 333 g/mol. The second kappa shape index (κ2) is 8.12. The van der Waals surface area contributed by atoms with Crippen LogP contribution >= 0.6 is 11.8 Å². The summed E-state index contributed by atoms with van der Waals surface area (Å²) in [5.74, 6) is 0.755. The number of nitrogens with two attached hydrogens (primary N) is 1. The molecule has 1 heterocycles. The molecule has 0 saturated carbocycles. The number of aromatic nitrogens is 3. The van der Waals surface area contributed by atoms with Crippen molar-refractivity contribution in [3.8, 4) is 0 Å². The Kier molecular flexibility index (Phi) is 6.18. The molecular weight excluding hydrogens is 310 g/mol. The molecule has 23 heavy (non-hydrogen) atoms. The summed E-state index contributed by atoms with van der Waals surface area (Å²) in [4.78, 5) is 13.2. The number of hydrogen-bond donors (Lipinski definition) is 1. The largest absolute Gasteiger partial charge is 0.369 e. The summed E-state index contributed by atoms with van der Waals surface area (Å²) >= 11 is 1.33. The first kappa shape index (κ1) is 17.5. The SMILES string of the molecule is CCC(c1nnc(SCC(N)=O)n1Cc1ccccc1)N(C)C. The zero-order valence-electron chi connectivity index (χ0n) is 13.8. The summed E-state index contributed by atoms with van der Waals surface area (Å²) in [6.07, 6.45) is 0.931. The van der Waals surface area contributed by atoms with Gasteiger partial charge in [-0.15, -0.1) is 10.2 Å². The first-order valence-electron chi connectivity index (χ1n) is 7.57. The lowest BCUT2D eigenvalue weighted by Crippen LogP contribution is -2.23. The Morgan fingerprint density at radius 3 is 2.57 bits per heavy atom. The van der Waals surface area contributed by atoms with Gasteiger partial charge in [-0.2, -0.15) is 0 Å². The topological polar surface area (TPSA) is 77.0 Å². The van der Waals surface area contributed by atoms with Gasteiger partial charge in [0.05, 0.1) is 18.3 Å². The van der Waals surface area contributed by atoms with Gasteiger partial charge in [0.15, 0.2) is 11.0 Å². The predicted molar refractivity (Wildman–Crippen MR) is 92.2 cm³/mol. The van der Waals surface area contributed by atoms with E-state index in [0.29, 0.717) is 6.54 Å². The van der Waals surface area contributed by atoms with E-state index < -0.39 is 0 Å². The second-order valence-corrected chi connectivity index (χ2v) is 6.50. The molecule has 6 nitrogen and oxygen atoms in total. The molecule has 2 aromatic rings. The number of primary amides is 1. The highest BCUT2D eigenvalue weighted by atomic mass is 32.2. The number of carbonyl (C=O) groups excluding carboxylic acids is 1. The Bertz CT molecular complexity index is 641. The van der Waals surface area contributed by atoms with Crippen LogP contribution in [0.1, 0.15) is 30.8 Å². The number of rotatable bonds is 8. The van der Waals surface area contributed by atoms with E-state index in [-0.39, 0.29) is 17.7 Å². The minimum atomic E-state index is -0.356. The fraction of sp³-hybridized carbons (Fsp3) is 0.438. The fourth-order valence-corrected chi connectivity index (χ4v) is 3.17. The Morgan fingerprint density at radius 2 is 2.00 bits per heavy atom. The van der Waals surface area contributed by atoms with Crippen LogP contribution < -0.4 is 5.73 Å². The zero-order chi connectivity index (χ0) is 16.8. The van der Waals surface area contributed by atoms with Crippen LogP contribution in [0, 0.1) is 0 Å². The van der Waals surface area contributed by atoms with Crippen LogP contribution in [0.3, 0.4) is 0 Å². The van der Waals surface area contributed by atoms with Gasteiger partial charge in [-0.25, -0.2) is 0 Å². The van der Waals surface area contributed by atoms with Crippen LogP contribution in [0.5, 0.6) is 0 Å². The van der Waals surface area contributed by atoms with Gasteiger partial charge in [-0.1, -0.05) is 49.0 Å². The molecule has 2 rings (SSSR count). The third-order valence-electron chi connectivity index (χ3n) is 3.58. The van der Waals surface area contributed by atoms with Crippen molar-refractivity contribution in [1.82, 2.24) is 19.7 Å². The van der Waals surface area contributed by atoms with Gasteiger partial charge in [-0.05, 0) is 26.1 Å². The Morgan fingerprint density at radius 1 is 1.30 bits per heavy atom. The van der Waals surface area contributed by atoms with E-state index in [1.54, 1.807) is 0 Å². The van der Waals surface area contributed by atoms with Gasteiger partial charge >= 0.3 is 0 Å². The molecular formula is C16H23N5OS. The maximum atomic E-state index is 11.1. The van der Waals surface area contributed by atoms with Crippen LogP contribution in [-0.4, -0.2) is 45.4 Å². The zero-order valence-corrected chi connectivity index (χ0v) is 14.6. The number of carbonyl (C=O) groups is 1. The molecule has 0 aliphatic heterocycles. The van der Waals surface area contributed by atoms with Crippen molar-refractivity contribution in [3.05, 3.63) is 41.7 Å². The lowest BCUT2D eigenvalue weighted by molar-refractivity contribution is -0.115. The number of nitrogens with zero attached hydrogens (tertiary/aromatic N) is 4. The first-order valence-corrected chi connectivity index (χ1v) is 8.56. The van der Waals surface area contributed by atoms with E-state index >= 15 is 0 Å². The summed E-state index contributed by atoms with van der Waals surface area (Å²) < 4.78 is 2.08. The van der Waals surface area contributed by atoms with E-state index in [9.17, 15) is 4.79 Å². The molecule has 1 aromatic carbocycles. The van der Waals surface area contributed by atoms with Gasteiger partial charge in [0.1, 0.15) is 0 Å². The van der Waals surface area contributed by atoms with Gasteiger partial charge in [0, 0.05) is 0 Å². The van der Waals surface area contributed by atoms with Gasteiger partial charge in [-0.3, -0.25) is 9.69 Å².